The number of piperidine rings is 1. The lowest BCUT2D eigenvalue weighted by Gasteiger charge is -2.31. The number of oxazole rings is 1. The van der Waals surface area contributed by atoms with Gasteiger partial charge in [-0.1, -0.05) is 24.6 Å². The minimum absolute atomic E-state index is 0.186. The normalized spacial score (nSPS) is 16.0. The van der Waals surface area contributed by atoms with E-state index in [1.165, 1.54) is 19.3 Å². The highest BCUT2D eigenvalue weighted by Gasteiger charge is 2.22. The summed E-state index contributed by atoms with van der Waals surface area (Å²) in [6.07, 6.45) is 5.31. The molecule has 1 unspecified atom stereocenters. The van der Waals surface area contributed by atoms with Crippen LogP contribution < -0.4 is 5.32 Å². The van der Waals surface area contributed by atoms with Gasteiger partial charge in [-0.25, -0.2) is 4.98 Å². The third kappa shape index (κ3) is 4.17. The number of carbonyl (C=O) groups excluding carboxylic acids is 1. The monoisotopic (exact) mass is 379 g/mol. The van der Waals surface area contributed by atoms with E-state index in [2.05, 4.69) is 22.1 Å². The summed E-state index contributed by atoms with van der Waals surface area (Å²) in [5.41, 5.74) is 1.57. The van der Waals surface area contributed by atoms with Crippen LogP contribution in [-0.4, -0.2) is 28.9 Å². The topological polar surface area (TPSA) is 71.5 Å². The molecule has 0 spiro atoms. The van der Waals surface area contributed by atoms with Crippen LogP contribution in [0.25, 0.3) is 11.5 Å². The van der Waals surface area contributed by atoms with Crippen LogP contribution in [-0.2, 0) is 6.54 Å². The summed E-state index contributed by atoms with van der Waals surface area (Å²) in [6, 6.07) is 13.5. The number of likely N-dealkylation sites (tertiary alicyclic amines) is 1. The molecule has 1 N–H and O–H groups in total. The number of carbonyl (C=O) groups is 1. The van der Waals surface area contributed by atoms with Crippen LogP contribution in [0.15, 0.2) is 57.6 Å². The van der Waals surface area contributed by atoms with Crippen LogP contribution in [0.2, 0.25) is 0 Å². The standard InChI is InChI=1S/C22H25N3O3/c1-16(25-12-6-3-7-13-25)19-10-11-20(28-19)21(26)23-14-18-15-27-22(24-18)17-8-4-2-5-9-17/h2,4-5,8-11,15-16H,3,6-7,12-14H2,1H3,(H,23,26). The number of amides is 1. The number of furan rings is 1. The van der Waals surface area contributed by atoms with Crippen molar-refractivity contribution in [3.63, 3.8) is 0 Å². The van der Waals surface area contributed by atoms with Gasteiger partial charge in [0.2, 0.25) is 5.89 Å². The summed E-state index contributed by atoms with van der Waals surface area (Å²) in [5.74, 6) is 1.45. The second-order valence-corrected chi connectivity index (χ2v) is 7.17. The minimum Gasteiger partial charge on any atom is -0.454 e. The molecule has 1 atom stereocenters. The molecule has 4 rings (SSSR count). The summed E-state index contributed by atoms with van der Waals surface area (Å²) in [6.45, 7) is 4.58. The lowest BCUT2D eigenvalue weighted by atomic mass is 10.1. The molecular weight excluding hydrogens is 354 g/mol. The van der Waals surface area contributed by atoms with Gasteiger partial charge in [-0.2, -0.15) is 0 Å². The number of rotatable bonds is 6. The molecule has 0 aliphatic carbocycles. The first-order valence-electron chi connectivity index (χ1n) is 9.82. The Morgan fingerprint density at radius 3 is 2.71 bits per heavy atom. The van der Waals surface area contributed by atoms with Gasteiger partial charge in [0.15, 0.2) is 5.76 Å². The average molecular weight is 379 g/mol. The molecule has 1 saturated heterocycles. The molecule has 28 heavy (non-hydrogen) atoms. The predicted molar refractivity (Wildman–Crippen MR) is 106 cm³/mol. The molecular formula is C22H25N3O3. The lowest BCUT2D eigenvalue weighted by Crippen LogP contribution is -2.32. The SMILES string of the molecule is CC(c1ccc(C(=O)NCc2coc(-c3ccccc3)n2)o1)N1CCCCC1. The molecule has 1 aliphatic heterocycles. The average Bonchev–Trinajstić information content (AvgIpc) is 3.43. The fourth-order valence-corrected chi connectivity index (χ4v) is 3.54. The van der Waals surface area contributed by atoms with E-state index in [4.69, 9.17) is 8.83 Å². The summed E-state index contributed by atoms with van der Waals surface area (Å²) in [7, 11) is 0. The molecule has 0 radical (unpaired) electrons. The molecule has 1 aromatic carbocycles. The van der Waals surface area contributed by atoms with Gasteiger partial charge in [0.05, 0.1) is 18.3 Å². The van der Waals surface area contributed by atoms with E-state index in [0.29, 0.717) is 17.3 Å². The second kappa shape index (κ2) is 8.44. The summed E-state index contributed by atoms with van der Waals surface area (Å²) < 4.78 is 11.3. The maximum Gasteiger partial charge on any atom is 0.287 e. The Bertz CT molecular complexity index is 910. The first-order valence-corrected chi connectivity index (χ1v) is 9.82. The molecule has 0 bridgehead atoms. The Hall–Kier alpha value is -2.86. The van der Waals surface area contributed by atoms with Gasteiger partial charge < -0.3 is 14.2 Å². The Morgan fingerprint density at radius 1 is 1.14 bits per heavy atom. The highest BCUT2D eigenvalue weighted by Crippen LogP contribution is 2.25. The van der Waals surface area contributed by atoms with Crippen molar-refractivity contribution >= 4 is 5.91 Å². The second-order valence-electron chi connectivity index (χ2n) is 7.17. The van der Waals surface area contributed by atoms with Crippen LogP contribution in [0.4, 0.5) is 0 Å². The van der Waals surface area contributed by atoms with Crippen molar-refractivity contribution in [2.45, 2.75) is 38.8 Å². The number of nitrogens with one attached hydrogen (secondary N) is 1. The highest BCUT2D eigenvalue weighted by atomic mass is 16.4. The molecule has 2 aromatic heterocycles. The predicted octanol–water partition coefficient (Wildman–Crippen LogP) is 4.41. The van der Waals surface area contributed by atoms with E-state index >= 15 is 0 Å². The summed E-state index contributed by atoms with van der Waals surface area (Å²) >= 11 is 0. The van der Waals surface area contributed by atoms with E-state index in [0.717, 1.165) is 24.4 Å². The molecule has 3 heterocycles. The molecule has 0 saturated carbocycles. The van der Waals surface area contributed by atoms with Crippen LogP contribution in [0.5, 0.6) is 0 Å². The Kier molecular flexibility index (Phi) is 5.58. The molecule has 3 aromatic rings. The van der Waals surface area contributed by atoms with Crippen LogP contribution in [0, 0.1) is 0 Å². The quantitative estimate of drug-likeness (QED) is 0.687. The Labute approximate surface area is 164 Å². The zero-order valence-electron chi connectivity index (χ0n) is 16.1. The zero-order chi connectivity index (χ0) is 19.3. The van der Waals surface area contributed by atoms with Gasteiger partial charge in [-0.05, 0) is 57.1 Å². The van der Waals surface area contributed by atoms with Gasteiger partial charge in [0, 0.05) is 5.56 Å². The number of nitrogens with zero attached hydrogens (tertiary/aromatic N) is 2. The fourth-order valence-electron chi connectivity index (χ4n) is 3.54. The highest BCUT2D eigenvalue weighted by molar-refractivity contribution is 5.91. The van der Waals surface area contributed by atoms with Crippen molar-refractivity contribution < 1.29 is 13.6 Å². The van der Waals surface area contributed by atoms with E-state index < -0.39 is 0 Å². The van der Waals surface area contributed by atoms with Crippen molar-refractivity contribution in [2.75, 3.05) is 13.1 Å². The van der Waals surface area contributed by atoms with Crippen molar-refractivity contribution in [3.05, 3.63) is 65.9 Å². The molecule has 1 aliphatic rings. The van der Waals surface area contributed by atoms with Crippen LogP contribution in [0.3, 0.4) is 0 Å². The van der Waals surface area contributed by atoms with E-state index in [1.807, 2.05) is 36.4 Å². The maximum absolute atomic E-state index is 12.4. The minimum atomic E-state index is -0.249. The molecule has 1 amide bonds. The lowest BCUT2D eigenvalue weighted by molar-refractivity contribution is 0.0913. The number of benzene rings is 1. The van der Waals surface area contributed by atoms with Crippen molar-refractivity contribution in [2.24, 2.45) is 0 Å². The molecule has 1 fully saturated rings. The third-order valence-electron chi connectivity index (χ3n) is 5.20. The first-order chi connectivity index (χ1) is 13.7. The smallest absolute Gasteiger partial charge is 0.287 e. The van der Waals surface area contributed by atoms with E-state index in [9.17, 15) is 4.79 Å². The van der Waals surface area contributed by atoms with Gasteiger partial charge in [0.25, 0.3) is 5.91 Å². The van der Waals surface area contributed by atoms with Gasteiger partial charge in [0.1, 0.15) is 12.0 Å². The fraction of sp³-hybridized carbons (Fsp3) is 0.364. The van der Waals surface area contributed by atoms with E-state index in [-0.39, 0.29) is 18.5 Å². The van der Waals surface area contributed by atoms with Crippen LogP contribution >= 0.6 is 0 Å². The van der Waals surface area contributed by atoms with Gasteiger partial charge in [-0.3, -0.25) is 9.69 Å². The molecule has 6 heteroatoms. The largest absolute Gasteiger partial charge is 0.454 e. The van der Waals surface area contributed by atoms with Gasteiger partial charge >= 0.3 is 0 Å². The van der Waals surface area contributed by atoms with E-state index in [1.54, 1.807) is 12.3 Å². The summed E-state index contributed by atoms with van der Waals surface area (Å²) in [5, 5.41) is 2.84. The summed E-state index contributed by atoms with van der Waals surface area (Å²) in [4.78, 5) is 19.3. The Morgan fingerprint density at radius 2 is 1.93 bits per heavy atom. The number of hydrogen-bond donors (Lipinski definition) is 1. The van der Waals surface area contributed by atoms with Gasteiger partial charge in [-0.15, -0.1) is 0 Å². The van der Waals surface area contributed by atoms with Crippen molar-refractivity contribution in [1.82, 2.24) is 15.2 Å². The third-order valence-corrected chi connectivity index (χ3v) is 5.20. The first kappa shape index (κ1) is 18.5. The number of aromatic nitrogens is 1. The zero-order valence-corrected chi connectivity index (χ0v) is 16.1. The Balaban J connectivity index is 1.34. The van der Waals surface area contributed by atoms with Crippen molar-refractivity contribution in [3.8, 4) is 11.5 Å². The molecule has 6 nitrogen and oxygen atoms in total. The van der Waals surface area contributed by atoms with Crippen LogP contribution in [0.1, 0.15) is 54.2 Å². The van der Waals surface area contributed by atoms with Crippen molar-refractivity contribution in [1.29, 1.82) is 0 Å². The maximum atomic E-state index is 12.4. The molecule has 146 valence electrons. The number of hydrogen-bond acceptors (Lipinski definition) is 5.